The Morgan fingerprint density at radius 1 is 1.05 bits per heavy atom. The van der Waals surface area contributed by atoms with Gasteiger partial charge in [0.25, 0.3) is 0 Å². The number of hydrogen-bond donors (Lipinski definition) is 0. The molecule has 1 aromatic heterocycles. The molecule has 1 aromatic carbocycles. The van der Waals surface area contributed by atoms with Crippen molar-refractivity contribution < 1.29 is 0 Å². The second-order valence-corrected chi connectivity index (χ2v) is 4.79. The average molecular weight is 291 g/mol. The van der Waals surface area contributed by atoms with Crippen LogP contribution in [0.25, 0.3) is 11.4 Å². The zero-order chi connectivity index (χ0) is 14.5. The monoisotopic (exact) mass is 290 g/mol. The van der Waals surface area contributed by atoms with Gasteiger partial charge in [0.1, 0.15) is 0 Å². The van der Waals surface area contributed by atoms with E-state index in [4.69, 9.17) is 11.6 Å². The Morgan fingerprint density at radius 3 is 2.45 bits per heavy atom. The predicted octanol–water partition coefficient (Wildman–Crippen LogP) is 3.60. The number of hydrogen-bond acceptors (Lipinski definition) is 4. The summed E-state index contributed by atoms with van der Waals surface area (Å²) in [7, 11) is 0. The van der Waals surface area contributed by atoms with Crippen molar-refractivity contribution in [2.45, 2.75) is 27.2 Å². The molecule has 1 heterocycles. The van der Waals surface area contributed by atoms with E-state index in [0.29, 0.717) is 11.8 Å². The molecule has 2 rings (SSSR count). The third-order valence-corrected chi connectivity index (χ3v) is 3.41. The van der Waals surface area contributed by atoms with Crippen molar-refractivity contribution in [3.05, 3.63) is 35.1 Å². The summed E-state index contributed by atoms with van der Waals surface area (Å²) in [6.45, 7) is 7.94. The first-order valence-electron chi connectivity index (χ1n) is 6.93. The first-order chi connectivity index (χ1) is 9.67. The van der Waals surface area contributed by atoms with E-state index in [1.54, 1.807) is 0 Å². The standard InChI is InChI=1S/C15H19ClN4/c1-4-11-8-7-9-12(10-11)13-17-14(16)19-15(18-13)20(5-2)6-3/h7-10H,4-6H2,1-3H3. The van der Waals surface area contributed by atoms with Gasteiger partial charge in [-0.3, -0.25) is 0 Å². The van der Waals surface area contributed by atoms with Crippen LogP contribution in [0.3, 0.4) is 0 Å². The van der Waals surface area contributed by atoms with Gasteiger partial charge in [-0.15, -0.1) is 0 Å². The number of aryl methyl sites for hydroxylation is 1. The van der Waals surface area contributed by atoms with E-state index < -0.39 is 0 Å². The van der Waals surface area contributed by atoms with E-state index in [0.717, 1.165) is 25.1 Å². The van der Waals surface area contributed by atoms with Gasteiger partial charge in [-0.25, -0.2) is 0 Å². The van der Waals surface area contributed by atoms with Crippen LogP contribution < -0.4 is 4.90 Å². The quantitative estimate of drug-likeness (QED) is 0.844. The fraction of sp³-hybridized carbons (Fsp3) is 0.400. The summed E-state index contributed by atoms with van der Waals surface area (Å²) < 4.78 is 0. The minimum Gasteiger partial charge on any atom is -0.341 e. The van der Waals surface area contributed by atoms with Gasteiger partial charge in [0.05, 0.1) is 0 Å². The van der Waals surface area contributed by atoms with Crippen molar-refractivity contribution in [1.29, 1.82) is 0 Å². The SMILES string of the molecule is CCc1cccc(-c2nc(Cl)nc(N(CC)CC)n2)c1. The second kappa shape index (κ2) is 6.66. The fourth-order valence-corrected chi connectivity index (χ4v) is 2.20. The molecule has 0 spiro atoms. The van der Waals surface area contributed by atoms with E-state index in [1.807, 2.05) is 12.1 Å². The number of benzene rings is 1. The molecule has 4 nitrogen and oxygen atoms in total. The third-order valence-electron chi connectivity index (χ3n) is 3.24. The zero-order valence-corrected chi connectivity index (χ0v) is 12.9. The van der Waals surface area contributed by atoms with Crippen LogP contribution >= 0.6 is 11.6 Å². The molecule has 0 N–H and O–H groups in total. The summed E-state index contributed by atoms with van der Waals surface area (Å²) in [5.74, 6) is 1.26. The van der Waals surface area contributed by atoms with Gasteiger partial charge in [0, 0.05) is 18.7 Å². The van der Waals surface area contributed by atoms with Crippen LogP contribution in [0.15, 0.2) is 24.3 Å². The first kappa shape index (κ1) is 14.7. The molecule has 106 valence electrons. The Labute approximate surface area is 124 Å². The van der Waals surface area contributed by atoms with Gasteiger partial charge >= 0.3 is 0 Å². The maximum atomic E-state index is 6.04. The Balaban J connectivity index is 2.45. The highest BCUT2D eigenvalue weighted by atomic mass is 35.5. The summed E-state index contributed by atoms with van der Waals surface area (Å²) >= 11 is 6.04. The molecule has 2 aromatic rings. The second-order valence-electron chi connectivity index (χ2n) is 4.45. The number of nitrogens with zero attached hydrogens (tertiary/aromatic N) is 4. The summed E-state index contributed by atoms with van der Waals surface area (Å²) in [6.07, 6.45) is 0.982. The number of aromatic nitrogens is 3. The molecule has 0 radical (unpaired) electrons. The van der Waals surface area contributed by atoms with Crippen molar-refractivity contribution >= 4 is 17.5 Å². The van der Waals surface area contributed by atoms with E-state index in [-0.39, 0.29) is 5.28 Å². The normalized spacial score (nSPS) is 10.6. The van der Waals surface area contributed by atoms with Gasteiger partial charge < -0.3 is 4.90 Å². The molecule has 0 aliphatic rings. The fourth-order valence-electron chi connectivity index (χ4n) is 2.05. The molecular weight excluding hydrogens is 272 g/mol. The Bertz CT molecular complexity index is 582. The maximum absolute atomic E-state index is 6.04. The lowest BCUT2D eigenvalue weighted by molar-refractivity contribution is 0.813. The van der Waals surface area contributed by atoms with Crippen molar-refractivity contribution in [2.24, 2.45) is 0 Å². The molecule has 0 amide bonds. The van der Waals surface area contributed by atoms with Crippen LogP contribution in [0, 0.1) is 0 Å². The summed E-state index contributed by atoms with van der Waals surface area (Å²) in [6, 6.07) is 8.20. The number of rotatable bonds is 5. The Morgan fingerprint density at radius 2 is 1.80 bits per heavy atom. The Hall–Kier alpha value is -1.68. The van der Waals surface area contributed by atoms with Gasteiger partial charge in [-0.2, -0.15) is 15.0 Å². The zero-order valence-electron chi connectivity index (χ0n) is 12.1. The van der Waals surface area contributed by atoms with E-state index in [1.165, 1.54) is 5.56 Å². The molecule has 20 heavy (non-hydrogen) atoms. The molecule has 0 aliphatic carbocycles. The lowest BCUT2D eigenvalue weighted by Crippen LogP contribution is -2.24. The molecular formula is C15H19ClN4. The number of halogens is 1. The molecule has 0 fully saturated rings. The van der Waals surface area contributed by atoms with Gasteiger partial charge in [-0.05, 0) is 43.5 Å². The highest BCUT2D eigenvalue weighted by molar-refractivity contribution is 6.28. The molecule has 0 atom stereocenters. The van der Waals surface area contributed by atoms with E-state index in [2.05, 4.69) is 52.8 Å². The van der Waals surface area contributed by atoms with Crippen LogP contribution in [0.4, 0.5) is 5.95 Å². The Kier molecular flexibility index (Phi) is 4.90. The molecule has 0 bridgehead atoms. The summed E-state index contributed by atoms with van der Waals surface area (Å²) in [5.41, 5.74) is 2.23. The lowest BCUT2D eigenvalue weighted by Gasteiger charge is -2.18. The van der Waals surface area contributed by atoms with E-state index in [9.17, 15) is 0 Å². The molecule has 0 saturated carbocycles. The first-order valence-corrected chi connectivity index (χ1v) is 7.31. The van der Waals surface area contributed by atoms with Crippen LogP contribution in [-0.4, -0.2) is 28.0 Å². The summed E-state index contributed by atoms with van der Waals surface area (Å²) in [5, 5.41) is 0.235. The lowest BCUT2D eigenvalue weighted by atomic mass is 10.1. The third kappa shape index (κ3) is 3.25. The maximum Gasteiger partial charge on any atom is 0.230 e. The van der Waals surface area contributed by atoms with Crippen molar-refractivity contribution in [3.63, 3.8) is 0 Å². The van der Waals surface area contributed by atoms with Gasteiger partial charge in [0.2, 0.25) is 11.2 Å². The summed E-state index contributed by atoms with van der Waals surface area (Å²) in [4.78, 5) is 15.1. The highest BCUT2D eigenvalue weighted by Crippen LogP contribution is 2.21. The molecule has 5 heteroatoms. The van der Waals surface area contributed by atoms with Crippen molar-refractivity contribution in [3.8, 4) is 11.4 Å². The predicted molar refractivity (Wildman–Crippen MR) is 83.2 cm³/mol. The van der Waals surface area contributed by atoms with Crippen LogP contribution in [0.1, 0.15) is 26.3 Å². The molecule has 0 aliphatic heterocycles. The highest BCUT2D eigenvalue weighted by Gasteiger charge is 2.11. The minimum absolute atomic E-state index is 0.235. The molecule has 0 unspecified atom stereocenters. The van der Waals surface area contributed by atoms with Crippen molar-refractivity contribution in [1.82, 2.24) is 15.0 Å². The van der Waals surface area contributed by atoms with E-state index >= 15 is 0 Å². The largest absolute Gasteiger partial charge is 0.341 e. The van der Waals surface area contributed by atoms with Gasteiger partial charge in [-0.1, -0.05) is 25.1 Å². The van der Waals surface area contributed by atoms with Gasteiger partial charge in [0.15, 0.2) is 5.82 Å². The number of anilines is 1. The average Bonchev–Trinajstić information content (AvgIpc) is 2.48. The topological polar surface area (TPSA) is 41.9 Å². The smallest absolute Gasteiger partial charge is 0.230 e. The molecule has 0 saturated heterocycles. The van der Waals surface area contributed by atoms with Crippen molar-refractivity contribution in [2.75, 3.05) is 18.0 Å². The van der Waals surface area contributed by atoms with Crippen LogP contribution in [0.5, 0.6) is 0 Å². The van der Waals surface area contributed by atoms with Crippen LogP contribution in [0.2, 0.25) is 5.28 Å². The minimum atomic E-state index is 0.235. The van der Waals surface area contributed by atoms with Crippen LogP contribution in [-0.2, 0) is 6.42 Å².